The summed E-state index contributed by atoms with van der Waals surface area (Å²) in [5.41, 5.74) is -6.27. The molecular formula is C101H70F24N4O15. The van der Waals surface area contributed by atoms with Crippen LogP contribution in [0.5, 0.6) is 0 Å². The van der Waals surface area contributed by atoms with Crippen LogP contribution < -0.4 is 19.6 Å². The van der Waals surface area contributed by atoms with Gasteiger partial charge in [0.1, 0.15) is 18.3 Å². The van der Waals surface area contributed by atoms with E-state index in [0.717, 1.165) is 74.6 Å². The largest absolute Gasteiger partial charge is 0.474 e. The second kappa shape index (κ2) is 36.8. The van der Waals surface area contributed by atoms with Crippen LogP contribution in [0.4, 0.5) is 128 Å². The fourth-order valence-electron chi connectivity index (χ4n) is 19.4. The summed E-state index contributed by atoms with van der Waals surface area (Å²) in [6.07, 6.45) is -35.4. The number of hydrogen-bond acceptors (Lipinski definition) is 15. The highest BCUT2D eigenvalue weighted by atomic mass is 19.4. The Morgan fingerprint density at radius 3 is 0.688 bits per heavy atom. The number of ketones is 1. The first-order valence-corrected chi connectivity index (χ1v) is 43.5. The van der Waals surface area contributed by atoms with Crippen LogP contribution in [0.3, 0.4) is 0 Å². The third-order valence-electron chi connectivity index (χ3n) is 26.0. The Bertz CT molecular complexity index is 5990. The Morgan fingerprint density at radius 1 is 0.264 bits per heavy atom. The molecule has 0 bridgehead atoms. The molecule has 3 saturated heterocycles. The van der Waals surface area contributed by atoms with E-state index in [0.29, 0.717) is 94.5 Å². The molecular weight excluding hydrogens is 1970 g/mol. The summed E-state index contributed by atoms with van der Waals surface area (Å²) < 4.78 is 360. The van der Waals surface area contributed by atoms with Crippen molar-refractivity contribution in [3.8, 4) is 0 Å². The average molecular weight is 2040 g/mol. The van der Waals surface area contributed by atoms with Gasteiger partial charge in [-0.25, -0.2) is 14.4 Å². The van der Waals surface area contributed by atoms with Gasteiger partial charge in [-0.2, -0.15) is 105 Å². The second-order valence-corrected chi connectivity index (χ2v) is 35.3. The number of Topliss-reactive ketones (excluding diaryl/α,β-unsaturated/α-hetero) is 1. The molecule has 4 fully saturated rings. The number of benzene rings is 8. The van der Waals surface area contributed by atoms with E-state index in [1.807, 2.05) is 78.9 Å². The number of rotatable bonds is 12. The molecule has 752 valence electrons. The Kier molecular flexibility index (Phi) is 25.8. The SMILES string of the molecule is CC1=CC(O/C=C2/C(=O)C[C@@H]3Cc4ccccc4[C@H]23)N(c2cc(C(F)(F)F)cc(C(F)(F)F)c2)C1=O.CC1=CC(O/C=C2/C(=O)O[C@@H]3Cc4ccccc4[C@H]23)N(c2cc(C(F)(F)F)cc(C(F)(F)F)c2)C1=O.CC1=C[C@@H](O/C=C2/C(=O)O[C@@H]3Cc4ccccc4[C@H]23)N(c2cc(C(F)(F)F)cc(C(F)(F)F)c2)C1=O.CC1=C[C@H](O/C=C2/C(=O)O[C@@H]3Cc4ccccc4[C@H]23)N(c2cc(C(F)(F)F)cc(C(F)(F)F)c2)C1=O. The molecule has 43 heteroatoms. The molecule has 7 aliphatic heterocycles. The summed E-state index contributed by atoms with van der Waals surface area (Å²) in [6.45, 7) is 5.46. The van der Waals surface area contributed by atoms with Gasteiger partial charge >= 0.3 is 67.3 Å². The van der Waals surface area contributed by atoms with Crippen LogP contribution in [0, 0.1) is 5.92 Å². The first-order valence-electron chi connectivity index (χ1n) is 43.5. The highest BCUT2D eigenvalue weighted by Gasteiger charge is 2.54. The summed E-state index contributed by atoms with van der Waals surface area (Å²) in [4.78, 5) is 104. The molecule has 0 spiro atoms. The fraction of sp³-hybridized carbons (Fsp3) is 0.287. The van der Waals surface area contributed by atoms with Crippen LogP contribution in [0.25, 0.3) is 0 Å². The molecule has 8 aromatic rings. The Balaban J connectivity index is 0.000000132. The van der Waals surface area contributed by atoms with Crippen LogP contribution in [-0.2, 0) is 147 Å². The van der Waals surface area contributed by atoms with Crippen molar-refractivity contribution in [2.24, 2.45) is 5.92 Å². The number of nitrogens with zero attached hydrogens (tertiary/aromatic N) is 4. The number of fused-ring (bicyclic) bond motifs is 12. The Hall–Kier alpha value is -14.8. The molecule has 20 rings (SSSR count). The van der Waals surface area contributed by atoms with Gasteiger partial charge < -0.3 is 33.2 Å². The van der Waals surface area contributed by atoms with E-state index in [4.69, 9.17) is 33.2 Å². The van der Waals surface area contributed by atoms with Gasteiger partial charge in [0.15, 0.2) is 30.7 Å². The first kappa shape index (κ1) is 101. The molecule has 1 saturated carbocycles. The van der Waals surface area contributed by atoms with Crippen LogP contribution in [-0.4, -0.2) is 90.5 Å². The first-order chi connectivity index (χ1) is 67.4. The maximum Gasteiger partial charge on any atom is 0.416 e. The van der Waals surface area contributed by atoms with Crippen molar-refractivity contribution in [1.29, 1.82) is 0 Å². The van der Waals surface area contributed by atoms with Crippen molar-refractivity contribution < 1.29 is 177 Å². The predicted octanol–water partition coefficient (Wildman–Crippen LogP) is 22.7. The van der Waals surface area contributed by atoms with E-state index in [-0.39, 0.29) is 80.9 Å². The Labute approximate surface area is 798 Å². The van der Waals surface area contributed by atoms with Crippen molar-refractivity contribution in [3.05, 3.63) is 353 Å². The normalized spacial score (nSPS) is 24.7. The number of carbonyl (C=O) groups is 8. The van der Waals surface area contributed by atoms with Gasteiger partial charge in [0.05, 0.1) is 104 Å². The minimum Gasteiger partial charge on any atom is -0.474 e. The van der Waals surface area contributed by atoms with Crippen LogP contribution >= 0.6 is 0 Å². The van der Waals surface area contributed by atoms with E-state index in [2.05, 4.69) is 0 Å². The number of anilines is 4. The monoisotopic (exact) mass is 2030 g/mol. The van der Waals surface area contributed by atoms with E-state index in [1.54, 1.807) is 18.2 Å². The van der Waals surface area contributed by atoms with E-state index in [9.17, 15) is 144 Å². The zero-order chi connectivity index (χ0) is 104. The zero-order valence-electron chi connectivity index (χ0n) is 74.2. The van der Waals surface area contributed by atoms with Crippen LogP contribution in [0.2, 0.25) is 0 Å². The number of hydrogen-bond donors (Lipinski definition) is 0. The van der Waals surface area contributed by atoms with Crippen molar-refractivity contribution >= 4 is 70.1 Å². The van der Waals surface area contributed by atoms with E-state index >= 15 is 0 Å². The van der Waals surface area contributed by atoms with Gasteiger partial charge in [0, 0.05) is 82.2 Å². The summed E-state index contributed by atoms with van der Waals surface area (Å²) in [5.74, 6) is -6.83. The van der Waals surface area contributed by atoms with Crippen molar-refractivity contribution in [2.45, 2.75) is 176 Å². The summed E-state index contributed by atoms with van der Waals surface area (Å²) in [5, 5.41) is 0. The topological polar surface area (TPSA) is 214 Å². The summed E-state index contributed by atoms with van der Waals surface area (Å²) in [6, 6.07) is 33.5. The number of esters is 3. The van der Waals surface area contributed by atoms with Gasteiger partial charge in [-0.3, -0.25) is 43.6 Å². The second-order valence-electron chi connectivity index (χ2n) is 35.3. The highest BCUT2D eigenvalue weighted by Crippen LogP contribution is 2.55. The molecule has 5 aliphatic carbocycles. The lowest BCUT2D eigenvalue weighted by molar-refractivity contribution is -0.144. The third kappa shape index (κ3) is 19.6. The van der Waals surface area contributed by atoms with E-state index in [1.165, 1.54) is 58.3 Å². The maximum absolute atomic E-state index is 13.4. The molecule has 0 aromatic heterocycles. The molecule has 12 atom stereocenters. The third-order valence-corrected chi connectivity index (χ3v) is 26.0. The minimum absolute atomic E-state index is 0.00293. The number of ether oxygens (including phenoxy) is 7. The van der Waals surface area contributed by atoms with Gasteiger partial charge in [-0.1, -0.05) is 97.1 Å². The van der Waals surface area contributed by atoms with Crippen molar-refractivity contribution in [1.82, 2.24) is 0 Å². The van der Waals surface area contributed by atoms with Gasteiger partial charge in [0.2, 0.25) is 0 Å². The molecule has 7 heterocycles. The standard InChI is InChI=1S/C26H19F6NO3.3C25H17F6NO4/c1-13-6-22(36-12-20-21(34)8-15-7-14-4-2-3-5-19(14)23(15)20)33(24(13)35)18-10-16(25(27,28)29)9-17(11-18)26(30,31)32;3*1-12-6-20(35-11-18-21-17-5-3-2-4-13(17)7-19(21)36-23(18)34)32(22(12)33)16-9-14(24(26,27)28)8-15(10-16)25(29,30)31/h2-6,9-12,15,22-23H,7-8H2,1H3;3*2-6,8-11,19-21H,7H2,1H3/b20-12-;3*18-11+/t15-,22?,23+;19-,20?,21-;19-,20+,21-;19-,20-,21-/m0111/s1. The molecule has 4 amide bonds. The smallest absolute Gasteiger partial charge is 0.416 e. The van der Waals surface area contributed by atoms with Crippen LogP contribution in [0.1, 0.15) is 147 Å². The number of alkyl halides is 24. The molecule has 144 heavy (non-hydrogen) atoms. The van der Waals surface area contributed by atoms with Crippen molar-refractivity contribution in [2.75, 3.05) is 19.6 Å². The summed E-state index contributed by atoms with van der Waals surface area (Å²) in [7, 11) is 0. The number of allylic oxidation sites excluding steroid dienone is 1. The molecule has 2 unspecified atom stereocenters. The number of carbonyl (C=O) groups excluding carboxylic acids is 8. The molecule has 19 nitrogen and oxygen atoms in total. The van der Waals surface area contributed by atoms with E-state index < -0.39 is 219 Å². The summed E-state index contributed by atoms with van der Waals surface area (Å²) >= 11 is 0. The lowest BCUT2D eigenvalue weighted by atomic mass is 9.93. The number of amides is 4. The Morgan fingerprint density at radius 2 is 0.465 bits per heavy atom. The lowest BCUT2D eigenvalue weighted by Gasteiger charge is -2.26. The number of halogens is 24. The average Bonchev–Trinajstić information content (AvgIpc) is 1.59. The zero-order valence-corrected chi connectivity index (χ0v) is 74.2. The quantitative estimate of drug-likeness (QED) is 0.0366. The maximum atomic E-state index is 13.4. The molecule has 0 N–H and O–H groups in total. The predicted molar refractivity (Wildman–Crippen MR) is 457 cm³/mol. The van der Waals surface area contributed by atoms with Gasteiger partial charge in [-0.05, 0) is 182 Å². The lowest BCUT2D eigenvalue weighted by Crippen LogP contribution is -2.36. The van der Waals surface area contributed by atoms with Crippen LogP contribution in [0.15, 0.2) is 264 Å². The fourth-order valence-corrected chi connectivity index (χ4v) is 19.4. The molecule has 12 aliphatic rings. The highest BCUT2D eigenvalue weighted by molar-refractivity contribution is 6.11. The van der Waals surface area contributed by atoms with Gasteiger partial charge in [0.25, 0.3) is 23.6 Å². The molecule has 8 aromatic carbocycles. The minimum atomic E-state index is -5.09. The molecule has 0 radical (unpaired) electrons. The van der Waals surface area contributed by atoms with Gasteiger partial charge in [-0.15, -0.1) is 0 Å². The van der Waals surface area contributed by atoms with Crippen molar-refractivity contribution in [3.63, 3.8) is 0 Å².